The van der Waals surface area contributed by atoms with Crippen molar-refractivity contribution in [3.05, 3.63) is 42.4 Å². The van der Waals surface area contributed by atoms with E-state index in [0.717, 1.165) is 62.8 Å². The Hall–Kier alpha value is -2.14. The highest BCUT2D eigenvalue weighted by Gasteiger charge is 2.30. The van der Waals surface area contributed by atoms with Gasteiger partial charge in [-0.15, -0.1) is 0 Å². The number of amides is 1. The van der Waals surface area contributed by atoms with Gasteiger partial charge in [-0.2, -0.15) is 0 Å². The molecule has 2 aromatic rings. The van der Waals surface area contributed by atoms with Crippen LogP contribution < -0.4 is 0 Å². The standard InChI is InChI=1S/C20H25N3O2/c24-20(23-10-4-5-11-23)17-8-12-22(13-9-17)15-19-21-14-18(25-19)16-6-2-1-3-7-16/h1-3,6-7,14,17H,4-5,8-13,15H2. The van der Waals surface area contributed by atoms with E-state index in [4.69, 9.17) is 4.42 Å². The number of aromatic nitrogens is 1. The van der Waals surface area contributed by atoms with Crippen LogP contribution in [0.1, 0.15) is 31.6 Å². The first-order chi connectivity index (χ1) is 12.3. The molecular weight excluding hydrogens is 314 g/mol. The van der Waals surface area contributed by atoms with Gasteiger partial charge in [0.2, 0.25) is 11.8 Å². The molecule has 2 aliphatic rings. The Morgan fingerprint density at radius 1 is 1.08 bits per heavy atom. The van der Waals surface area contributed by atoms with Gasteiger partial charge >= 0.3 is 0 Å². The number of hydrogen-bond acceptors (Lipinski definition) is 4. The van der Waals surface area contributed by atoms with E-state index in [1.54, 1.807) is 6.20 Å². The van der Waals surface area contributed by atoms with Gasteiger partial charge in [-0.3, -0.25) is 9.69 Å². The van der Waals surface area contributed by atoms with Crippen LogP contribution in [0.5, 0.6) is 0 Å². The highest BCUT2D eigenvalue weighted by atomic mass is 16.4. The topological polar surface area (TPSA) is 49.6 Å². The second-order valence-electron chi connectivity index (χ2n) is 7.07. The summed E-state index contributed by atoms with van der Waals surface area (Å²) in [5, 5.41) is 0. The lowest BCUT2D eigenvalue weighted by Crippen LogP contribution is -2.41. The predicted molar refractivity (Wildman–Crippen MR) is 95.8 cm³/mol. The summed E-state index contributed by atoms with van der Waals surface area (Å²) >= 11 is 0. The highest BCUT2D eigenvalue weighted by molar-refractivity contribution is 5.79. The highest BCUT2D eigenvalue weighted by Crippen LogP contribution is 2.24. The second-order valence-corrected chi connectivity index (χ2v) is 7.07. The average Bonchev–Trinajstić information content (AvgIpc) is 3.35. The molecule has 0 atom stereocenters. The summed E-state index contributed by atoms with van der Waals surface area (Å²) in [6.07, 6.45) is 6.02. The molecule has 0 radical (unpaired) electrons. The predicted octanol–water partition coefficient (Wildman–Crippen LogP) is 3.18. The van der Waals surface area contributed by atoms with E-state index in [1.165, 1.54) is 12.8 Å². The number of carbonyl (C=O) groups is 1. The second kappa shape index (κ2) is 7.40. The quantitative estimate of drug-likeness (QED) is 0.858. The maximum atomic E-state index is 12.5. The number of likely N-dealkylation sites (tertiary alicyclic amines) is 2. The number of hydrogen-bond donors (Lipinski definition) is 0. The van der Waals surface area contributed by atoms with Gasteiger partial charge in [0.05, 0.1) is 12.7 Å². The molecule has 2 aliphatic heterocycles. The first kappa shape index (κ1) is 16.3. The number of piperidine rings is 1. The first-order valence-electron chi connectivity index (χ1n) is 9.31. The van der Waals surface area contributed by atoms with Crippen LogP contribution in [0.3, 0.4) is 0 Å². The molecule has 0 bridgehead atoms. The minimum Gasteiger partial charge on any atom is -0.439 e. The van der Waals surface area contributed by atoms with E-state index < -0.39 is 0 Å². The van der Waals surface area contributed by atoms with Crippen molar-refractivity contribution >= 4 is 5.91 Å². The Labute approximate surface area is 148 Å². The lowest BCUT2D eigenvalue weighted by atomic mass is 9.95. The lowest BCUT2D eigenvalue weighted by Gasteiger charge is -2.32. The van der Waals surface area contributed by atoms with Crippen LogP contribution in [0.15, 0.2) is 40.9 Å². The van der Waals surface area contributed by atoms with Gasteiger partial charge in [0.15, 0.2) is 5.76 Å². The van der Waals surface area contributed by atoms with Crippen molar-refractivity contribution in [1.82, 2.24) is 14.8 Å². The summed E-state index contributed by atoms with van der Waals surface area (Å²) in [5.74, 6) is 2.15. The lowest BCUT2D eigenvalue weighted by molar-refractivity contribution is -0.136. The molecule has 0 spiro atoms. The van der Waals surface area contributed by atoms with E-state index in [0.29, 0.717) is 5.91 Å². The van der Waals surface area contributed by atoms with E-state index >= 15 is 0 Å². The molecule has 1 aromatic heterocycles. The van der Waals surface area contributed by atoms with Crippen LogP contribution in [0.2, 0.25) is 0 Å². The third-order valence-electron chi connectivity index (χ3n) is 5.33. The fourth-order valence-electron chi connectivity index (χ4n) is 3.84. The molecule has 5 nitrogen and oxygen atoms in total. The van der Waals surface area contributed by atoms with E-state index in [9.17, 15) is 4.79 Å². The van der Waals surface area contributed by atoms with Crippen molar-refractivity contribution in [3.63, 3.8) is 0 Å². The Morgan fingerprint density at radius 3 is 2.52 bits per heavy atom. The van der Waals surface area contributed by atoms with Crippen molar-refractivity contribution in [2.45, 2.75) is 32.2 Å². The summed E-state index contributed by atoms with van der Waals surface area (Å²) in [5.41, 5.74) is 1.05. The fourth-order valence-corrected chi connectivity index (χ4v) is 3.84. The normalized spacial score (nSPS) is 19.4. The van der Waals surface area contributed by atoms with Crippen LogP contribution in [-0.4, -0.2) is 46.9 Å². The molecule has 0 N–H and O–H groups in total. The van der Waals surface area contributed by atoms with Crippen LogP contribution in [-0.2, 0) is 11.3 Å². The van der Waals surface area contributed by atoms with Crippen molar-refractivity contribution in [2.24, 2.45) is 5.92 Å². The van der Waals surface area contributed by atoms with Crippen LogP contribution in [0, 0.1) is 5.92 Å². The summed E-state index contributed by atoms with van der Waals surface area (Å²) in [6, 6.07) is 10.0. The fraction of sp³-hybridized carbons (Fsp3) is 0.500. The maximum absolute atomic E-state index is 12.5. The van der Waals surface area contributed by atoms with Crippen LogP contribution >= 0.6 is 0 Å². The molecular formula is C20H25N3O2. The van der Waals surface area contributed by atoms with Gasteiger partial charge in [0, 0.05) is 24.6 Å². The SMILES string of the molecule is O=C(C1CCN(Cc2ncc(-c3ccccc3)o2)CC1)N1CCCC1. The largest absolute Gasteiger partial charge is 0.439 e. The summed E-state index contributed by atoms with van der Waals surface area (Å²) in [7, 11) is 0. The first-order valence-corrected chi connectivity index (χ1v) is 9.31. The number of rotatable bonds is 4. The Balaban J connectivity index is 1.30. The van der Waals surface area contributed by atoms with E-state index in [1.807, 2.05) is 30.3 Å². The molecule has 3 heterocycles. The molecule has 0 unspecified atom stereocenters. The van der Waals surface area contributed by atoms with Gasteiger partial charge in [0.1, 0.15) is 0 Å². The molecule has 2 fully saturated rings. The third kappa shape index (κ3) is 3.76. The summed E-state index contributed by atoms with van der Waals surface area (Å²) in [6.45, 7) is 4.51. The molecule has 2 saturated heterocycles. The smallest absolute Gasteiger partial charge is 0.225 e. The van der Waals surface area contributed by atoms with Crippen molar-refractivity contribution in [3.8, 4) is 11.3 Å². The molecule has 1 aromatic carbocycles. The van der Waals surface area contributed by atoms with E-state index in [2.05, 4.69) is 14.8 Å². The molecule has 1 amide bonds. The molecule has 4 rings (SSSR count). The molecule has 132 valence electrons. The zero-order valence-corrected chi connectivity index (χ0v) is 14.6. The number of oxazole rings is 1. The maximum Gasteiger partial charge on any atom is 0.225 e. The van der Waals surface area contributed by atoms with Crippen LogP contribution in [0.25, 0.3) is 11.3 Å². The van der Waals surface area contributed by atoms with Gasteiger partial charge in [-0.25, -0.2) is 4.98 Å². The minimum atomic E-state index is 0.207. The number of benzene rings is 1. The number of carbonyl (C=O) groups excluding carboxylic acids is 1. The zero-order chi connectivity index (χ0) is 17.1. The Bertz CT molecular complexity index is 699. The molecule has 0 saturated carbocycles. The van der Waals surface area contributed by atoms with Gasteiger partial charge in [0.25, 0.3) is 0 Å². The van der Waals surface area contributed by atoms with Crippen molar-refractivity contribution in [1.29, 1.82) is 0 Å². The monoisotopic (exact) mass is 339 g/mol. The third-order valence-corrected chi connectivity index (χ3v) is 5.33. The van der Waals surface area contributed by atoms with Gasteiger partial charge < -0.3 is 9.32 Å². The van der Waals surface area contributed by atoms with E-state index in [-0.39, 0.29) is 5.92 Å². The van der Waals surface area contributed by atoms with Crippen LogP contribution in [0.4, 0.5) is 0 Å². The Morgan fingerprint density at radius 2 is 1.80 bits per heavy atom. The zero-order valence-electron chi connectivity index (χ0n) is 14.6. The summed E-state index contributed by atoms with van der Waals surface area (Å²) in [4.78, 5) is 21.3. The molecule has 25 heavy (non-hydrogen) atoms. The van der Waals surface area contributed by atoms with Crippen molar-refractivity contribution in [2.75, 3.05) is 26.2 Å². The van der Waals surface area contributed by atoms with Gasteiger partial charge in [-0.1, -0.05) is 30.3 Å². The average molecular weight is 339 g/mol. The Kier molecular flexibility index (Phi) is 4.83. The molecule has 0 aliphatic carbocycles. The molecule has 5 heteroatoms. The van der Waals surface area contributed by atoms with Gasteiger partial charge in [-0.05, 0) is 38.8 Å². The minimum absolute atomic E-state index is 0.207. The van der Waals surface area contributed by atoms with Crippen molar-refractivity contribution < 1.29 is 9.21 Å². The summed E-state index contributed by atoms with van der Waals surface area (Å²) < 4.78 is 5.90. The number of nitrogens with zero attached hydrogens (tertiary/aromatic N) is 3.